The number of ether oxygens (including phenoxy) is 2. The number of nitrogens with zero attached hydrogens (tertiary/aromatic N) is 1. The number of aromatic nitrogens is 1. The first-order valence-corrected chi connectivity index (χ1v) is 7.98. The average Bonchev–Trinajstić information content (AvgIpc) is 2.86. The van der Waals surface area contributed by atoms with Gasteiger partial charge in [-0.3, -0.25) is 0 Å². The van der Waals surface area contributed by atoms with E-state index in [0.29, 0.717) is 9.22 Å². The van der Waals surface area contributed by atoms with Gasteiger partial charge in [0.2, 0.25) is 0 Å². The van der Waals surface area contributed by atoms with Gasteiger partial charge in [0.15, 0.2) is 11.4 Å². The summed E-state index contributed by atoms with van der Waals surface area (Å²) in [6.45, 7) is 7.72. The van der Waals surface area contributed by atoms with Crippen molar-refractivity contribution in [3.8, 4) is 0 Å². The fourth-order valence-electron chi connectivity index (χ4n) is 1.36. The van der Waals surface area contributed by atoms with E-state index in [1.165, 1.54) is 6.20 Å². The minimum atomic E-state index is -1.58. The van der Waals surface area contributed by atoms with E-state index >= 15 is 0 Å². The predicted molar refractivity (Wildman–Crippen MR) is 73.9 cm³/mol. The summed E-state index contributed by atoms with van der Waals surface area (Å²) in [5.41, 5.74) is -1.29. The molecule has 1 aromatic heterocycles. The summed E-state index contributed by atoms with van der Waals surface area (Å²) in [6, 6.07) is 0. The van der Waals surface area contributed by atoms with E-state index in [1.54, 1.807) is 13.8 Å². The molecule has 1 aliphatic rings. The van der Waals surface area contributed by atoms with Gasteiger partial charge in [0.25, 0.3) is 0 Å². The Bertz CT molecular complexity index is 438. The molecular formula is C11H20N2O4S2. The molecule has 1 atom stereocenters. The third-order valence-electron chi connectivity index (χ3n) is 2.40. The molecule has 1 fully saturated rings. The van der Waals surface area contributed by atoms with Crippen molar-refractivity contribution in [2.24, 2.45) is 5.14 Å². The first kappa shape index (κ1) is 16.7. The second-order valence-corrected chi connectivity index (χ2v) is 6.61. The molecule has 1 saturated heterocycles. The SMILES string of the molecule is CC.CC1(C)OCC(O)(c2ncc(S(N)=O)s2)CO1. The van der Waals surface area contributed by atoms with Crippen LogP contribution in [-0.2, 0) is 26.1 Å². The van der Waals surface area contributed by atoms with E-state index in [0.717, 1.165) is 11.3 Å². The topological polar surface area (TPSA) is 94.7 Å². The Morgan fingerprint density at radius 2 is 1.95 bits per heavy atom. The van der Waals surface area contributed by atoms with E-state index in [9.17, 15) is 9.32 Å². The highest BCUT2D eigenvalue weighted by molar-refractivity contribution is 7.85. The van der Waals surface area contributed by atoms with Gasteiger partial charge in [-0.15, -0.1) is 11.3 Å². The summed E-state index contributed by atoms with van der Waals surface area (Å²) in [5, 5.41) is 16.0. The Kier molecular flexibility index (Phi) is 5.60. The Balaban J connectivity index is 0.000000861. The summed E-state index contributed by atoms with van der Waals surface area (Å²) in [7, 11) is -1.58. The van der Waals surface area contributed by atoms with Crippen LogP contribution < -0.4 is 5.14 Å². The van der Waals surface area contributed by atoms with E-state index < -0.39 is 22.4 Å². The van der Waals surface area contributed by atoms with E-state index in [1.807, 2.05) is 13.8 Å². The Hall–Kier alpha value is -0.380. The van der Waals surface area contributed by atoms with E-state index in [-0.39, 0.29) is 13.2 Å². The standard InChI is InChI=1S/C9H14N2O4S2.C2H6/c1-8(2)14-4-9(12,5-15-8)7-11-3-6(16-7)17(10)13;1-2/h3,12H,4-5,10H2,1-2H3;1-2H3. The van der Waals surface area contributed by atoms with Gasteiger partial charge in [-0.05, 0) is 13.8 Å². The quantitative estimate of drug-likeness (QED) is 0.854. The number of hydrogen-bond acceptors (Lipinski definition) is 6. The normalized spacial score (nSPS) is 22.2. The largest absolute Gasteiger partial charge is 0.378 e. The van der Waals surface area contributed by atoms with Crippen molar-refractivity contribution < 1.29 is 18.8 Å². The van der Waals surface area contributed by atoms with Gasteiger partial charge >= 0.3 is 0 Å². The minimum Gasteiger partial charge on any atom is -0.378 e. The van der Waals surface area contributed by atoms with Crippen molar-refractivity contribution in [1.82, 2.24) is 4.98 Å². The molecule has 19 heavy (non-hydrogen) atoms. The van der Waals surface area contributed by atoms with Crippen molar-refractivity contribution in [1.29, 1.82) is 0 Å². The smallest absolute Gasteiger partial charge is 0.163 e. The van der Waals surface area contributed by atoms with E-state index in [4.69, 9.17) is 14.6 Å². The summed E-state index contributed by atoms with van der Waals surface area (Å²) >= 11 is 1.10. The molecule has 1 aromatic rings. The first-order chi connectivity index (χ1) is 8.82. The summed E-state index contributed by atoms with van der Waals surface area (Å²) in [4.78, 5) is 4.02. The third-order valence-corrected chi connectivity index (χ3v) is 4.63. The molecule has 2 heterocycles. The summed E-state index contributed by atoms with van der Waals surface area (Å²) < 4.78 is 22.3. The lowest BCUT2D eigenvalue weighted by atomic mass is 10.1. The highest BCUT2D eigenvalue weighted by Gasteiger charge is 2.42. The number of hydrogen-bond donors (Lipinski definition) is 2. The molecule has 3 N–H and O–H groups in total. The van der Waals surface area contributed by atoms with Gasteiger partial charge in [0.1, 0.15) is 20.2 Å². The van der Waals surface area contributed by atoms with Crippen LogP contribution in [0.15, 0.2) is 10.4 Å². The zero-order chi connectivity index (χ0) is 14.7. The average molecular weight is 308 g/mol. The number of rotatable bonds is 2. The van der Waals surface area contributed by atoms with Crippen LogP contribution in [0.2, 0.25) is 0 Å². The van der Waals surface area contributed by atoms with Crippen molar-refractivity contribution in [2.45, 2.75) is 43.3 Å². The first-order valence-electron chi connectivity index (χ1n) is 5.95. The molecule has 1 aliphatic heterocycles. The van der Waals surface area contributed by atoms with Gasteiger partial charge in [-0.25, -0.2) is 14.3 Å². The lowest BCUT2D eigenvalue weighted by molar-refractivity contribution is -0.304. The van der Waals surface area contributed by atoms with Gasteiger partial charge in [-0.2, -0.15) is 0 Å². The Labute approximate surface area is 119 Å². The predicted octanol–water partition coefficient (Wildman–Crippen LogP) is 1.12. The highest BCUT2D eigenvalue weighted by atomic mass is 32.2. The van der Waals surface area contributed by atoms with Crippen LogP contribution in [0.25, 0.3) is 0 Å². The molecule has 8 heteroatoms. The van der Waals surface area contributed by atoms with Gasteiger partial charge in [0, 0.05) is 0 Å². The molecule has 6 nitrogen and oxygen atoms in total. The Morgan fingerprint density at radius 1 is 1.42 bits per heavy atom. The number of nitrogens with two attached hydrogens (primary N) is 1. The fraction of sp³-hybridized carbons (Fsp3) is 0.727. The zero-order valence-electron chi connectivity index (χ0n) is 11.5. The maximum absolute atomic E-state index is 11.1. The van der Waals surface area contributed by atoms with Crippen LogP contribution in [0, 0.1) is 0 Å². The molecule has 2 rings (SSSR count). The van der Waals surface area contributed by atoms with Crippen molar-refractivity contribution in [2.75, 3.05) is 13.2 Å². The Morgan fingerprint density at radius 3 is 2.37 bits per heavy atom. The molecule has 0 radical (unpaired) electrons. The lowest BCUT2D eigenvalue weighted by Gasteiger charge is -2.39. The van der Waals surface area contributed by atoms with Crippen molar-refractivity contribution in [3.05, 3.63) is 11.2 Å². The maximum atomic E-state index is 11.1. The molecular weight excluding hydrogens is 288 g/mol. The third kappa shape index (κ3) is 4.04. The molecule has 0 aromatic carbocycles. The molecule has 0 saturated carbocycles. The molecule has 0 bridgehead atoms. The van der Waals surface area contributed by atoms with Crippen LogP contribution in [-0.4, -0.2) is 33.3 Å². The molecule has 0 aliphatic carbocycles. The second kappa shape index (κ2) is 6.38. The maximum Gasteiger partial charge on any atom is 0.163 e. The van der Waals surface area contributed by atoms with Crippen molar-refractivity contribution in [3.63, 3.8) is 0 Å². The van der Waals surface area contributed by atoms with Gasteiger partial charge < -0.3 is 14.6 Å². The van der Waals surface area contributed by atoms with Gasteiger partial charge in [-0.1, -0.05) is 13.8 Å². The van der Waals surface area contributed by atoms with Crippen LogP contribution in [0.4, 0.5) is 0 Å². The molecule has 0 spiro atoms. The van der Waals surface area contributed by atoms with Crippen LogP contribution >= 0.6 is 11.3 Å². The fourth-order valence-corrected chi connectivity index (χ4v) is 2.79. The lowest BCUT2D eigenvalue weighted by Crippen LogP contribution is -2.49. The summed E-state index contributed by atoms with van der Waals surface area (Å²) in [6.07, 6.45) is 1.40. The van der Waals surface area contributed by atoms with Crippen LogP contribution in [0.5, 0.6) is 0 Å². The summed E-state index contributed by atoms with van der Waals surface area (Å²) in [5.74, 6) is -0.705. The number of thiazole rings is 1. The molecule has 0 amide bonds. The van der Waals surface area contributed by atoms with Gasteiger partial charge in [0.05, 0.1) is 19.4 Å². The zero-order valence-corrected chi connectivity index (χ0v) is 13.1. The van der Waals surface area contributed by atoms with E-state index in [2.05, 4.69) is 4.98 Å². The highest BCUT2D eigenvalue weighted by Crippen LogP contribution is 2.33. The monoisotopic (exact) mass is 308 g/mol. The minimum absolute atomic E-state index is 0.0875. The molecule has 1 unspecified atom stereocenters. The number of aliphatic hydroxyl groups is 1. The van der Waals surface area contributed by atoms with Crippen LogP contribution in [0.1, 0.15) is 32.7 Å². The molecule has 110 valence electrons. The van der Waals surface area contributed by atoms with Crippen LogP contribution in [0.3, 0.4) is 0 Å². The van der Waals surface area contributed by atoms with Crippen molar-refractivity contribution >= 4 is 22.3 Å². The second-order valence-electron chi connectivity index (χ2n) is 4.29.